The summed E-state index contributed by atoms with van der Waals surface area (Å²) in [6.07, 6.45) is 5.11. The molecule has 0 heterocycles. The summed E-state index contributed by atoms with van der Waals surface area (Å²) in [5.74, 6) is 0.769. The minimum Gasteiger partial charge on any atom is -0.0656 e. The first kappa shape index (κ1) is 15.2. The second-order valence-electron chi connectivity index (χ2n) is 4.51. The van der Waals surface area contributed by atoms with Gasteiger partial charge in [0.15, 0.2) is 0 Å². The van der Waals surface area contributed by atoms with E-state index < -0.39 is 0 Å². The van der Waals surface area contributed by atoms with Gasteiger partial charge >= 0.3 is 0 Å². The Labute approximate surface area is 102 Å². The van der Waals surface area contributed by atoms with Gasteiger partial charge in [-0.2, -0.15) is 0 Å². The predicted molar refractivity (Wildman–Crippen MR) is 75.1 cm³/mol. The Kier molecular flexibility index (Phi) is 8.99. The summed E-state index contributed by atoms with van der Waals surface area (Å²) in [6, 6.07) is 8.99. The van der Waals surface area contributed by atoms with Crippen LogP contribution in [0.3, 0.4) is 0 Å². The SMILES string of the molecule is CCC.CCCC(CC)c1ccc(C)cc1. The third-order valence-corrected chi connectivity index (χ3v) is 2.68. The van der Waals surface area contributed by atoms with Crippen LogP contribution in [-0.4, -0.2) is 0 Å². The first-order valence-corrected chi connectivity index (χ1v) is 6.75. The van der Waals surface area contributed by atoms with Gasteiger partial charge in [0.05, 0.1) is 0 Å². The molecule has 0 nitrogen and oxygen atoms in total. The standard InChI is InChI=1S/C13H20.C3H8/c1-4-6-12(5-2)13-9-7-11(3)8-10-13;1-3-2/h7-10,12H,4-6H2,1-3H3;3H2,1-2H3. The van der Waals surface area contributed by atoms with Crippen LogP contribution in [0.2, 0.25) is 0 Å². The van der Waals surface area contributed by atoms with E-state index in [1.165, 1.54) is 36.8 Å². The van der Waals surface area contributed by atoms with Crippen molar-refractivity contribution >= 4 is 0 Å². The Morgan fingerprint density at radius 1 is 0.938 bits per heavy atom. The molecule has 0 aliphatic heterocycles. The summed E-state index contributed by atoms with van der Waals surface area (Å²) < 4.78 is 0. The van der Waals surface area contributed by atoms with Crippen LogP contribution >= 0.6 is 0 Å². The van der Waals surface area contributed by atoms with Gasteiger partial charge < -0.3 is 0 Å². The van der Waals surface area contributed by atoms with Crippen LogP contribution in [-0.2, 0) is 0 Å². The third kappa shape index (κ3) is 5.95. The van der Waals surface area contributed by atoms with Gasteiger partial charge in [0, 0.05) is 0 Å². The van der Waals surface area contributed by atoms with Gasteiger partial charge in [-0.3, -0.25) is 0 Å². The molecule has 1 aromatic carbocycles. The average molecular weight is 220 g/mol. The molecule has 0 N–H and O–H groups in total. The third-order valence-electron chi connectivity index (χ3n) is 2.68. The maximum absolute atomic E-state index is 2.28. The van der Waals surface area contributed by atoms with Crippen molar-refractivity contribution in [3.63, 3.8) is 0 Å². The quantitative estimate of drug-likeness (QED) is 0.610. The summed E-state index contributed by atoms with van der Waals surface area (Å²) in [7, 11) is 0. The highest BCUT2D eigenvalue weighted by atomic mass is 14.1. The second-order valence-corrected chi connectivity index (χ2v) is 4.51. The number of aryl methyl sites for hydroxylation is 1. The monoisotopic (exact) mass is 220 g/mol. The highest BCUT2D eigenvalue weighted by Crippen LogP contribution is 2.24. The van der Waals surface area contributed by atoms with E-state index in [0.717, 1.165) is 5.92 Å². The van der Waals surface area contributed by atoms with E-state index >= 15 is 0 Å². The zero-order valence-corrected chi connectivity index (χ0v) is 11.7. The lowest BCUT2D eigenvalue weighted by Gasteiger charge is -2.14. The minimum atomic E-state index is 0.769. The normalized spacial score (nSPS) is 11.6. The summed E-state index contributed by atoms with van der Waals surface area (Å²) in [6.45, 7) is 10.9. The van der Waals surface area contributed by atoms with Gasteiger partial charge in [0.25, 0.3) is 0 Å². The van der Waals surface area contributed by atoms with Crippen LogP contribution in [0.5, 0.6) is 0 Å². The molecule has 0 bridgehead atoms. The second kappa shape index (κ2) is 9.45. The molecule has 0 heteroatoms. The molecule has 0 aliphatic carbocycles. The van der Waals surface area contributed by atoms with Crippen molar-refractivity contribution < 1.29 is 0 Å². The Balaban J connectivity index is 0.000000673. The molecule has 1 rings (SSSR count). The van der Waals surface area contributed by atoms with Crippen molar-refractivity contribution in [2.45, 2.75) is 66.2 Å². The average Bonchev–Trinajstić information content (AvgIpc) is 2.28. The first-order chi connectivity index (χ1) is 7.69. The molecule has 0 spiro atoms. The largest absolute Gasteiger partial charge is 0.0656 e. The molecule has 16 heavy (non-hydrogen) atoms. The van der Waals surface area contributed by atoms with E-state index in [9.17, 15) is 0 Å². The fraction of sp³-hybridized carbons (Fsp3) is 0.625. The van der Waals surface area contributed by atoms with E-state index in [-0.39, 0.29) is 0 Å². The molecule has 0 saturated carbocycles. The molecule has 0 fully saturated rings. The molecule has 0 radical (unpaired) electrons. The Morgan fingerprint density at radius 3 is 1.81 bits per heavy atom. The first-order valence-electron chi connectivity index (χ1n) is 6.75. The molecule has 1 unspecified atom stereocenters. The molecule has 0 aliphatic rings. The van der Waals surface area contributed by atoms with Crippen molar-refractivity contribution in [3.05, 3.63) is 35.4 Å². The smallest absolute Gasteiger partial charge is 0.0165 e. The summed E-state index contributed by atoms with van der Waals surface area (Å²) in [5.41, 5.74) is 2.87. The zero-order valence-electron chi connectivity index (χ0n) is 11.7. The van der Waals surface area contributed by atoms with Gasteiger partial charge in [-0.25, -0.2) is 0 Å². The van der Waals surface area contributed by atoms with Crippen LogP contribution < -0.4 is 0 Å². The Bertz CT molecular complexity index is 245. The Morgan fingerprint density at radius 2 is 1.44 bits per heavy atom. The lowest BCUT2D eigenvalue weighted by atomic mass is 9.92. The fourth-order valence-electron chi connectivity index (χ4n) is 1.79. The van der Waals surface area contributed by atoms with Crippen molar-refractivity contribution in [1.82, 2.24) is 0 Å². The molecule has 0 saturated heterocycles. The van der Waals surface area contributed by atoms with Gasteiger partial charge in [-0.1, -0.05) is 70.4 Å². The molecule has 1 atom stereocenters. The lowest BCUT2D eigenvalue weighted by Crippen LogP contribution is -1.96. The number of hydrogen-bond acceptors (Lipinski definition) is 0. The number of benzene rings is 1. The van der Waals surface area contributed by atoms with Crippen LogP contribution in [0.1, 0.15) is 70.4 Å². The number of hydrogen-bond donors (Lipinski definition) is 0. The molecule has 92 valence electrons. The van der Waals surface area contributed by atoms with Crippen molar-refractivity contribution in [2.75, 3.05) is 0 Å². The lowest BCUT2D eigenvalue weighted by molar-refractivity contribution is 0.596. The molecular formula is C16H28. The molecule has 0 aromatic heterocycles. The van der Waals surface area contributed by atoms with Gasteiger partial charge in [-0.15, -0.1) is 0 Å². The summed E-state index contributed by atoms with van der Waals surface area (Å²) in [5, 5.41) is 0. The maximum atomic E-state index is 2.28. The van der Waals surface area contributed by atoms with Gasteiger partial charge in [-0.05, 0) is 31.2 Å². The van der Waals surface area contributed by atoms with E-state index in [1.54, 1.807) is 0 Å². The van der Waals surface area contributed by atoms with Crippen LogP contribution in [0.4, 0.5) is 0 Å². The van der Waals surface area contributed by atoms with Crippen LogP contribution in [0.15, 0.2) is 24.3 Å². The van der Waals surface area contributed by atoms with Gasteiger partial charge in [0.2, 0.25) is 0 Å². The van der Waals surface area contributed by atoms with Crippen LogP contribution in [0, 0.1) is 6.92 Å². The van der Waals surface area contributed by atoms with Crippen LogP contribution in [0.25, 0.3) is 0 Å². The fourth-order valence-corrected chi connectivity index (χ4v) is 1.79. The van der Waals surface area contributed by atoms with E-state index in [4.69, 9.17) is 0 Å². The molecular weight excluding hydrogens is 192 g/mol. The molecule has 1 aromatic rings. The van der Waals surface area contributed by atoms with E-state index in [1.807, 2.05) is 0 Å². The summed E-state index contributed by atoms with van der Waals surface area (Å²) >= 11 is 0. The van der Waals surface area contributed by atoms with E-state index in [2.05, 4.69) is 58.9 Å². The Hall–Kier alpha value is -0.780. The van der Waals surface area contributed by atoms with Crippen molar-refractivity contribution in [3.8, 4) is 0 Å². The minimum absolute atomic E-state index is 0.769. The zero-order chi connectivity index (χ0) is 12.4. The highest BCUT2D eigenvalue weighted by Gasteiger charge is 2.06. The van der Waals surface area contributed by atoms with Crippen molar-refractivity contribution in [2.24, 2.45) is 0 Å². The van der Waals surface area contributed by atoms with E-state index in [0.29, 0.717) is 0 Å². The predicted octanol–water partition coefficient (Wildman–Crippen LogP) is 5.71. The topological polar surface area (TPSA) is 0 Å². The summed E-state index contributed by atoms with van der Waals surface area (Å²) in [4.78, 5) is 0. The highest BCUT2D eigenvalue weighted by molar-refractivity contribution is 5.24. The van der Waals surface area contributed by atoms with Crippen molar-refractivity contribution in [1.29, 1.82) is 0 Å². The molecule has 0 amide bonds. The maximum Gasteiger partial charge on any atom is -0.0165 e. The number of rotatable bonds is 4. The van der Waals surface area contributed by atoms with Gasteiger partial charge in [0.1, 0.15) is 0 Å².